The first kappa shape index (κ1) is 12.2. The number of rotatable bonds is 6. The van der Waals surface area contributed by atoms with Gasteiger partial charge in [-0.3, -0.25) is 4.79 Å². The van der Waals surface area contributed by atoms with Crippen LogP contribution in [0.1, 0.15) is 38.0 Å². The Hall–Kier alpha value is -0.890. The Bertz CT molecular complexity index is 316. The van der Waals surface area contributed by atoms with Gasteiger partial charge in [0.15, 0.2) is 5.78 Å². The van der Waals surface area contributed by atoms with Crippen molar-refractivity contribution in [3.05, 3.63) is 34.0 Å². The highest BCUT2D eigenvalue weighted by molar-refractivity contribution is 7.09. The van der Waals surface area contributed by atoms with Crippen molar-refractivity contribution in [3.63, 3.8) is 0 Å². The van der Waals surface area contributed by atoms with E-state index >= 15 is 0 Å². The van der Waals surface area contributed by atoms with Gasteiger partial charge in [-0.1, -0.05) is 25.5 Å². The van der Waals surface area contributed by atoms with Gasteiger partial charge in [-0.25, -0.2) is 0 Å². The number of aryl methyl sites for hydroxylation is 1. The number of carbonyl (C=O) groups is 1. The average Bonchev–Trinajstić information content (AvgIpc) is 2.75. The first-order valence-corrected chi connectivity index (χ1v) is 6.38. The van der Waals surface area contributed by atoms with Crippen LogP contribution in [0.25, 0.3) is 0 Å². The molecule has 1 rings (SSSR count). The monoisotopic (exact) mass is 222 g/mol. The predicted octanol–water partition coefficient (Wildman–Crippen LogP) is 4.00. The second-order valence-electron chi connectivity index (χ2n) is 3.56. The lowest BCUT2D eigenvalue weighted by atomic mass is 10.1. The zero-order valence-electron chi connectivity index (χ0n) is 9.45. The molecule has 0 spiro atoms. The van der Waals surface area contributed by atoms with Gasteiger partial charge in [-0.15, -0.1) is 11.3 Å². The zero-order chi connectivity index (χ0) is 11.1. The molecule has 0 aliphatic rings. The average molecular weight is 222 g/mol. The minimum absolute atomic E-state index is 0.266. The number of hydrogen-bond acceptors (Lipinski definition) is 2. The Morgan fingerprint density at radius 2 is 2.13 bits per heavy atom. The highest BCUT2D eigenvalue weighted by Gasteiger charge is 2.01. The quantitative estimate of drug-likeness (QED) is 0.665. The topological polar surface area (TPSA) is 17.1 Å². The van der Waals surface area contributed by atoms with Crippen LogP contribution in [-0.2, 0) is 11.2 Å². The highest BCUT2D eigenvalue weighted by Crippen LogP contribution is 2.12. The van der Waals surface area contributed by atoms with Crippen molar-refractivity contribution in [2.45, 2.75) is 39.5 Å². The molecule has 0 aromatic carbocycles. The summed E-state index contributed by atoms with van der Waals surface area (Å²) in [5.74, 6) is 0.266. The summed E-state index contributed by atoms with van der Waals surface area (Å²) >= 11 is 1.72. The Morgan fingerprint density at radius 3 is 2.67 bits per heavy atom. The third-order valence-electron chi connectivity index (χ3n) is 2.47. The molecular formula is C13H18OS. The van der Waals surface area contributed by atoms with Crippen molar-refractivity contribution in [1.29, 1.82) is 0 Å². The first-order chi connectivity index (χ1) is 7.26. The summed E-state index contributed by atoms with van der Waals surface area (Å²) in [5.41, 5.74) is 1.26. The molecule has 0 aliphatic heterocycles. The van der Waals surface area contributed by atoms with Crippen LogP contribution in [0.2, 0.25) is 0 Å². The Morgan fingerprint density at radius 1 is 1.40 bits per heavy atom. The van der Waals surface area contributed by atoms with E-state index in [-0.39, 0.29) is 5.78 Å². The lowest BCUT2D eigenvalue weighted by Crippen LogP contribution is -1.96. The van der Waals surface area contributed by atoms with Crippen LogP contribution >= 0.6 is 11.3 Å². The third-order valence-corrected chi connectivity index (χ3v) is 3.41. The van der Waals surface area contributed by atoms with Crippen LogP contribution < -0.4 is 0 Å². The summed E-state index contributed by atoms with van der Waals surface area (Å²) in [6, 6.07) is 4.12. The van der Waals surface area contributed by atoms with Gasteiger partial charge in [0.05, 0.1) is 0 Å². The molecule has 82 valence electrons. The van der Waals surface area contributed by atoms with Gasteiger partial charge < -0.3 is 0 Å². The van der Waals surface area contributed by atoms with Crippen molar-refractivity contribution in [2.75, 3.05) is 0 Å². The summed E-state index contributed by atoms with van der Waals surface area (Å²) in [6.45, 7) is 4.20. The Kier molecular flexibility index (Phi) is 5.33. The molecule has 0 bridgehead atoms. The first-order valence-electron chi connectivity index (χ1n) is 5.51. The molecule has 0 N–H and O–H groups in total. The van der Waals surface area contributed by atoms with Crippen molar-refractivity contribution >= 4 is 17.1 Å². The Labute approximate surface area is 95.8 Å². The molecule has 0 atom stereocenters. The molecule has 1 nitrogen and oxygen atoms in total. The van der Waals surface area contributed by atoms with Crippen molar-refractivity contribution < 1.29 is 4.79 Å². The number of allylic oxidation sites excluding steroid dienone is 2. The largest absolute Gasteiger partial charge is 0.295 e. The second-order valence-corrected chi connectivity index (χ2v) is 4.59. The lowest BCUT2D eigenvalue weighted by molar-refractivity contribution is -0.114. The molecule has 0 saturated heterocycles. The van der Waals surface area contributed by atoms with Gasteiger partial charge >= 0.3 is 0 Å². The molecule has 0 saturated carbocycles. The van der Waals surface area contributed by atoms with Gasteiger partial charge in [-0.2, -0.15) is 0 Å². The van der Waals surface area contributed by atoms with Gasteiger partial charge in [0.2, 0.25) is 0 Å². The van der Waals surface area contributed by atoms with Crippen LogP contribution in [0, 0.1) is 0 Å². The normalized spacial score (nSPS) is 10.0. The van der Waals surface area contributed by atoms with E-state index in [0.29, 0.717) is 6.42 Å². The fraction of sp³-hybridized carbons (Fsp3) is 0.462. The van der Waals surface area contributed by atoms with Crippen LogP contribution in [0.4, 0.5) is 0 Å². The Balaban J connectivity index is 2.39. The van der Waals surface area contributed by atoms with E-state index in [2.05, 4.69) is 25.3 Å². The number of ketones is 1. The number of thiophene rings is 1. The van der Waals surface area contributed by atoms with Gasteiger partial charge in [-0.05, 0) is 36.8 Å². The fourth-order valence-electron chi connectivity index (χ4n) is 1.46. The maximum absolute atomic E-state index is 11.6. The van der Waals surface area contributed by atoms with E-state index in [4.69, 9.17) is 0 Å². The fourth-order valence-corrected chi connectivity index (χ4v) is 2.16. The maximum Gasteiger partial charge on any atom is 0.156 e. The standard InChI is InChI=1S/C13H18OS/c1-3-11(4-2)10-12(14)7-8-13-6-5-9-15-13/h5-6,9-10H,3-4,7-8H2,1-2H3. The molecule has 1 aromatic heterocycles. The molecule has 0 radical (unpaired) electrons. The molecule has 1 heterocycles. The maximum atomic E-state index is 11.6. The summed E-state index contributed by atoms with van der Waals surface area (Å²) in [4.78, 5) is 12.9. The van der Waals surface area contributed by atoms with Crippen LogP contribution in [0.5, 0.6) is 0 Å². The second kappa shape index (κ2) is 6.57. The number of carbonyl (C=O) groups excluding carboxylic acids is 1. The van der Waals surface area contributed by atoms with Crippen LogP contribution in [-0.4, -0.2) is 5.78 Å². The van der Waals surface area contributed by atoms with E-state index in [1.807, 2.05) is 12.1 Å². The van der Waals surface area contributed by atoms with Crippen LogP contribution in [0.3, 0.4) is 0 Å². The predicted molar refractivity (Wildman–Crippen MR) is 66.3 cm³/mol. The number of hydrogen-bond donors (Lipinski definition) is 0. The summed E-state index contributed by atoms with van der Waals surface area (Å²) < 4.78 is 0. The third kappa shape index (κ3) is 4.43. The molecule has 0 aliphatic carbocycles. The van der Waals surface area contributed by atoms with Crippen molar-refractivity contribution in [2.24, 2.45) is 0 Å². The zero-order valence-corrected chi connectivity index (χ0v) is 10.3. The molecule has 15 heavy (non-hydrogen) atoms. The SMILES string of the molecule is CCC(=CC(=O)CCc1cccs1)CC. The molecule has 2 heteroatoms. The lowest BCUT2D eigenvalue weighted by Gasteiger charge is -1.99. The minimum atomic E-state index is 0.266. The molecular weight excluding hydrogens is 204 g/mol. The van der Waals surface area contributed by atoms with E-state index in [9.17, 15) is 4.79 Å². The summed E-state index contributed by atoms with van der Waals surface area (Å²) in [7, 11) is 0. The van der Waals surface area contributed by atoms with Gasteiger partial charge in [0.1, 0.15) is 0 Å². The van der Waals surface area contributed by atoms with Crippen LogP contribution in [0.15, 0.2) is 29.2 Å². The van der Waals surface area contributed by atoms with E-state index in [1.54, 1.807) is 11.3 Å². The summed E-state index contributed by atoms with van der Waals surface area (Å²) in [5, 5.41) is 2.05. The van der Waals surface area contributed by atoms with E-state index < -0.39 is 0 Å². The van der Waals surface area contributed by atoms with E-state index in [1.165, 1.54) is 10.5 Å². The van der Waals surface area contributed by atoms with Crippen molar-refractivity contribution in [3.8, 4) is 0 Å². The smallest absolute Gasteiger partial charge is 0.156 e. The summed E-state index contributed by atoms with van der Waals surface area (Å²) in [6.07, 6.45) is 5.33. The van der Waals surface area contributed by atoms with Crippen molar-refractivity contribution in [1.82, 2.24) is 0 Å². The molecule has 0 unspecified atom stereocenters. The molecule has 0 fully saturated rings. The van der Waals surface area contributed by atoms with Gasteiger partial charge in [0.25, 0.3) is 0 Å². The van der Waals surface area contributed by atoms with Gasteiger partial charge in [0, 0.05) is 11.3 Å². The minimum Gasteiger partial charge on any atom is -0.295 e. The molecule has 0 amide bonds. The highest BCUT2D eigenvalue weighted by atomic mass is 32.1. The molecule has 1 aromatic rings. The van der Waals surface area contributed by atoms with E-state index in [0.717, 1.165) is 19.3 Å².